The minimum Gasteiger partial charge on any atom is -0.336 e. The second kappa shape index (κ2) is 8.15. The lowest BCUT2D eigenvalue weighted by Gasteiger charge is -2.30. The zero-order valence-electron chi connectivity index (χ0n) is 18.1. The molecule has 2 N–H and O–H groups in total. The maximum absolute atomic E-state index is 14.4. The largest absolute Gasteiger partial charge is 0.336 e. The van der Waals surface area contributed by atoms with E-state index in [0.29, 0.717) is 24.5 Å². The number of amides is 1. The van der Waals surface area contributed by atoms with Crippen molar-refractivity contribution in [1.82, 2.24) is 24.5 Å². The number of piperidine rings is 1. The van der Waals surface area contributed by atoms with E-state index in [4.69, 9.17) is 11.0 Å². The summed E-state index contributed by atoms with van der Waals surface area (Å²) in [6, 6.07) is 13.5. The first-order chi connectivity index (χ1) is 15.9. The van der Waals surface area contributed by atoms with Crippen LogP contribution < -0.4 is 5.73 Å². The van der Waals surface area contributed by atoms with Gasteiger partial charge in [-0.05, 0) is 43.2 Å². The third kappa shape index (κ3) is 3.85. The minimum absolute atomic E-state index is 0.0511. The van der Waals surface area contributed by atoms with Crippen molar-refractivity contribution in [3.63, 3.8) is 0 Å². The second-order valence-electron chi connectivity index (χ2n) is 8.33. The number of benzene rings is 2. The van der Waals surface area contributed by atoms with Crippen molar-refractivity contribution in [2.24, 2.45) is 12.8 Å². The van der Waals surface area contributed by atoms with Crippen LogP contribution in [-0.4, -0.2) is 49.5 Å². The first kappa shape index (κ1) is 20.8. The lowest BCUT2D eigenvalue weighted by atomic mass is 10.1. The van der Waals surface area contributed by atoms with Gasteiger partial charge in [-0.25, -0.2) is 9.07 Å². The Morgan fingerprint density at radius 2 is 2.06 bits per heavy atom. The predicted molar refractivity (Wildman–Crippen MR) is 121 cm³/mol. The van der Waals surface area contributed by atoms with Crippen LogP contribution in [0.5, 0.6) is 0 Å². The molecule has 9 heteroatoms. The Morgan fingerprint density at radius 3 is 2.82 bits per heavy atom. The van der Waals surface area contributed by atoms with Crippen molar-refractivity contribution >= 4 is 16.8 Å². The summed E-state index contributed by atoms with van der Waals surface area (Å²) in [5, 5.41) is 19.0. The highest BCUT2D eigenvalue weighted by Gasteiger charge is 2.26. The number of nitriles is 1. The number of fused-ring (bicyclic) bond motifs is 1. The molecule has 0 bridgehead atoms. The predicted octanol–water partition coefficient (Wildman–Crippen LogP) is 3.00. The van der Waals surface area contributed by atoms with E-state index in [9.17, 15) is 9.18 Å². The molecule has 4 aromatic rings. The van der Waals surface area contributed by atoms with E-state index in [-0.39, 0.29) is 23.2 Å². The average molecular weight is 443 g/mol. The number of halogens is 1. The van der Waals surface area contributed by atoms with Gasteiger partial charge in [-0.1, -0.05) is 6.07 Å². The summed E-state index contributed by atoms with van der Waals surface area (Å²) in [5.41, 5.74) is 8.97. The minimum atomic E-state index is -0.644. The van der Waals surface area contributed by atoms with Gasteiger partial charge in [0, 0.05) is 49.4 Å². The molecule has 0 unspecified atom stereocenters. The molecule has 1 amide bonds. The molecule has 1 saturated heterocycles. The van der Waals surface area contributed by atoms with Crippen LogP contribution >= 0.6 is 0 Å². The van der Waals surface area contributed by atoms with Crippen molar-refractivity contribution in [3.8, 4) is 23.0 Å². The molecular weight excluding hydrogens is 421 g/mol. The first-order valence-corrected chi connectivity index (χ1v) is 10.7. The van der Waals surface area contributed by atoms with Crippen LogP contribution in [0.2, 0.25) is 0 Å². The second-order valence-corrected chi connectivity index (χ2v) is 8.33. The summed E-state index contributed by atoms with van der Waals surface area (Å²) in [7, 11) is 1.85. The van der Waals surface area contributed by atoms with Crippen LogP contribution in [0.1, 0.15) is 28.9 Å². The van der Waals surface area contributed by atoms with Crippen molar-refractivity contribution in [2.45, 2.75) is 18.9 Å². The summed E-state index contributed by atoms with van der Waals surface area (Å²) < 4.78 is 17.7. The van der Waals surface area contributed by atoms with Crippen LogP contribution in [0.3, 0.4) is 0 Å². The fraction of sp³-hybridized carbons (Fsp3) is 0.250. The topological polar surface area (TPSA) is 106 Å². The summed E-state index contributed by atoms with van der Waals surface area (Å²) in [6.07, 6.45) is 3.64. The Labute approximate surface area is 189 Å². The monoisotopic (exact) mass is 443 g/mol. The number of rotatable bonds is 3. The molecule has 33 heavy (non-hydrogen) atoms. The number of carbonyl (C=O) groups is 1. The van der Waals surface area contributed by atoms with E-state index in [1.165, 1.54) is 12.1 Å². The number of aromatic nitrogens is 4. The Morgan fingerprint density at radius 1 is 1.21 bits per heavy atom. The van der Waals surface area contributed by atoms with Gasteiger partial charge in [-0.3, -0.25) is 9.48 Å². The summed E-state index contributed by atoms with van der Waals surface area (Å²) in [5.74, 6) is -0.851. The van der Waals surface area contributed by atoms with Gasteiger partial charge in [0.25, 0.3) is 5.91 Å². The van der Waals surface area contributed by atoms with Gasteiger partial charge in [0.1, 0.15) is 11.9 Å². The van der Waals surface area contributed by atoms with Crippen LogP contribution in [0, 0.1) is 17.1 Å². The van der Waals surface area contributed by atoms with Crippen LogP contribution in [0.15, 0.2) is 48.7 Å². The molecular formula is C24H22FN7O. The summed E-state index contributed by atoms with van der Waals surface area (Å²) in [4.78, 5) is 14.9. The number of carbonyl (C=O) groups excluding carboxylic acids is 1. The zero-order chi connectivity index (χ0) is 23.1. The smallest absolute Gasteiger partial charge is 0.274 e. The maximum Gasteiger partial charge on any atom is 0.274 e. The molecule has 2 aromatic heterocycles. The molecule has 0 spiro atoms. The summed E-state index contributed by atoms with van der Waals surface area (Å²) in [6.45, 7) is 1.11. The van der Waals surface area contributed by atoms with E-state index in [1.807, 2.05) is 37.5 Å². The molecule has 0 aliphatic carbocycles. The van der Waals surface area contributed by atoms with Crippen molar-refractivity contribution in [1.29, 1.82) is 5.26 Å². The standard InChI is InChI=1S/C24H22FN7O/c1-30-13-17-9-15(5-7-21(17)28-30)23-11-22(24(33)31-8-2-3-18(27)14-31)29-32(23)19-6-4-16(12-26)20(25)10-19/h4-7,9-11,13,18H,2-3,8,14,27H2,1H3/t18-/m1/s1. The molecule has 1 aliphatic rings. The van der Waals surface area contributed by atoms with Crippen LogP contribution in [-0.2, 0) is 7.05 Å². The lowest BCUT2D eigenvalue weighted by molar-refractivity contribution is 0.0702. The SMILES string of the molecule is Cn1cc2cc(-c3cc(C(=O)N4CCC[C@@H](N)C4)nn3-c3ccc(C#N)c(F)c3)ccc2n1. The fourth-order valence-corrected chi connectivity index (χ4v) is 4.28. The number of hydrogen-bond donors (Lipinski definition) is 1. The Bertz CT molecular complexity index is 1410. The van der Waals surface area contributed by atoms with Gasteiger partial charge in [0.15, 0.2) is 5.69 Å². The van der Waals surface area contributed by atoms with Crippen LogP contribution in [0.4, 0.5) is 4.39 Å². The number of nitrogens with two attached hydrogens (primary N) is 1. The van der Waals surface area contributed by atoms with Crippen LogP contribution in [0.25, 0.3) is 27.8 Å². The molecule has 1 aliphatic heterocycles. The van der Waals surface area contributed by atoms with E-state index in [1.54, 1.807) is 26.4 Å². The van der Waals surface area contributed by atoms with Gasteiger partial charge >= 0.3 is 0 Å². The quantitative estimate of drug-likeness (QED) is 0.524. The number of aryl methyl sites for hydroxylation is 1. The molecule has 3 heterocycles. The van der Waals surface area contributed by atoms with E-state index in [2.05, 4.69) is 10.2 Å². The van der Waals surface area contributed by atoms with E-state index in [0.717, 1.165) is 29.3 Å². The first-order valence-electron chi connectivity index (χ1n) is 10.7. The number of hydrogen-bond acceptors (Lipinski definition) is 5. The molecule has 5 rings (SSSR count). The Balaban J connectivity index is 1.63. The Kier molecular flexibility index (Phi) is 5.15. The highest BCUT2D eigenvalue weighted by atomic mass is 19.1. The Hall–Kier alpha value is -4.03. The number of nitrogens with zero attached hydrogens (tertiary/aromatic N) is 6. The van der Waals surface area contributed by atoms with Crippen molar-refractivity contribution in [3.05, 3.63) is 65.7 Å². The van der Waals surface area contributed by atoms with Crippen molar-refractivity contribution in [2.75, 3.05) is 13.1 Å². The third-order valence-electron chi connectivity index (χ3n) is 5.91. The molecule has 8 nitrogen and oxygen atoms in total. The summed E-state index contributed by atoms with van der Waals surface area (Å²) >= 11 is 0. The lowest BCUT2D eigenvalue weighted by Crippen LogP contribution is -2.45. The van der Waals surface area contributed by atoms with Gasteiger partial charge < -0.3 is 10.6 Å². The van der Waals surface area contributed by atoms with E-state index < -0.39 is 5.82 Å². The van der Waals surface area contributed by atoms with Crippen molar-refractivity contribution < 1.29 is 9.18 Å². The average Bonchev–Trinajstić information content (AvgIpc) is 3.41. The maximum atomic E-state index is 14.4. The van der Waals surface area contributed by atoms with Gasteiger partial charge in [-0.2, -0.15) is 15.5 Å². The van der Waals surface area contributed by atoms with Gasteiger partial charge in [0.05, 0.1) is 22.5 Å². The molecule has 0 saturated carbocycles. The fourth-order valence-electron chi connectivity index (χ4n) is 4.28. The highest BCUT2D eigenvalue weighted by Crippen LogP contribution is 2.28. The van der Waals surface area contributed by atoms with Gasteiger partial charge in [0.2, 0.25) is 0 Å². The normalized spacial score (nSPS) is 16.2. The van der Waals surface area contributed by atoms with E-state index >= 15 is 0 Å². The molecule has 1 atom stereocenters. The highest BCUT2D eigenvalue weighted by molar-refractivity contribution is 5.94. The molecule has 0 radical (unpaired) electrons. The van der Waals surface area contributed by atoms with Gasteiger partial charge in [-0.15, -0.1) is 0 Å². The number of likely N-dealkylation sites (tertiary alicyclic amines) is 1. The molecule has 1 fully saturated rings. The molecule has 2 aromatic carbocycles. The zero-order valence-corrected chi connectivity index (χ0v) is 18.1. The third-order valence-corrected chi connectivity index (χ3v) is 5.91. The molecule has 166 valence electrons.